The molecule has 24 heavy (non-hydrogen) atoms. The van der Waals surface area contributed by atoms with Crippen LogP contribution in [-0.4, -0.2) is 32.9 Å². The van der Waals surface area contributed by atoms with Crippen LogP contribution in [-0.2, 0) is 0 Å². The average Bonchev–Trinajstić information content (AvgIpc) is 3.15. The molecule has 0 saturated carbocycles. The smallest absolute Gasteiger partial charge is 0.203 e. The maximum absolute atomic E-state index is 12.7. The number of carbonyl (C=O) groups is 2. The normalized spacial score (nSPS) is 11.2. The van der Waals surface area contributed by atoms with Crippen molar-refractivity contribution >= 4 is 22.9 Å². The predicted molar refractivity (Wildman–Crippen MR) is 88.2 cm³/mol. The maximum atomic E-state index is 12.7. The van der Waals surface area contributed by atoms with Gasteiger partial charge in [-0.15, -0.1) is 11.3 Å². The Morgan fingerprint density at radius 3 is 2.12 bits per heavy atom. The zero-order chi connectivity index (χ0) is 17.7. The van der Waals surface area contributed by atoms with Crippen LogP contribution in [0.2, 0.25) is 0 Å². The molecule has 1 aromatic carbocycles. The fraction of sp³-hybridized carbons (Fsp3) is 0.235. The van der Waals surface area contributed by atoms with Crippen molar-refractivity contribution in [2.75, 3.05) is 21.3 Å². The molecule has 2 aromatic rings. The van der Waals surface area contributed by atoms with Crippen LogP contribution in [0.25, 0.3) is 0 Å². The number of ketones is 2. The molecule has 0 radical (unpaired) electrons. The molecule has 124 valence electrons. The maximum Gasteiger partial charge on any atom is 0.203 e. The summed E-state index contributed by atoms with van der Waals surface area (Å²) in [7, 11) is 4.29. The van der Waals surface area contributed by atoms with Gasteiger partial charge in [-0.25, -0.2) is 0 Å². The van der Waals surface area contributed by atoms with E-state index in [2.05, 4.69) is 0 Å². The standard InChI is InChI=1S/C17H15NO5S/c1-21-12-7-10(8-13(22-2)17(12)23-3)15(19)11(9-18)16(20)14-5-4-6-24-14/h4-8,11H,1-3H3/t11-/m0/s1. The first-order valence-electron chi connectivity index (χ1n) is 6.88. The van der Waals surface area contributed by atoms with Crippen molar-refractivity contribution in [2.24, 2.45) is 5.92 Å². The molecule has 0 spiro atoms. The van der Waals surface area contributed by atoms with Crippen LogP contribution >= 0.6 is 11.3 Å². The summed E-state index contributed by atoms with van der Waals surface area (Å²) in [5.74, 6) is -1.68. The molecule has 6 nitrogen and oxygen atoms in total. The van der Waals surface area contributed by atoms with E-state index in [4.69, 9.17) is 14.2 Å². The van der Waals surface area contributed by atoms with Crippen LogP contribution in [0.3, 0.4) is 0 Å². The van der Waals surface area contributed by atoms with Crippen LogP contribution in [0.4, 0.5) is 0 Å². The first-order valence-corrected chi connectivity index (χ1v) is 7.76. The molecular formula is C17H15NO5S. The SMILES string of the molecule is COc1cc(C(=O)[C@H](C#N)C(=O)c2cccs2)cc(OC)c1OC. The molecule has 0 aliphatic carbocycles. The summed E-state index contributed by atoms with van der Waals surface area (Å²) in [6.07, 6.45) is 0. The Kier molecular flexibility index (Phi) is 5.55. The summed E-state index contributed by atoms with van der Waals surface area (Å²) in [6, 6.07) is 7.91. The van der Waals surface area contributed by atoms with Gasteiger partial charge in [-0.2, -0.15) is 5.26 Å². The molecule has 0 unspecified atom stereocenters. The van der Waals surface area contributed by atoms with E-state index in [0.29, 0.717) is 10.6 Å². The molecule has 0 fully saturated rings. The Morgan fingerprint density at radius 2 is 1.71 bits per heavy atom. The van der Waals surface area contributed by atoms with Gasteiger partial charge in [0, 0.05) is 5.56 Å². The third kappa shape index (κ3) is 3.24. The fourth-order valence-electron chi connectivity index (χ4n) is 2.19. The molecule has 2 rings (SSSR count). The first-order chi connectivity index (χ1) is 11.6. The minimum absolute atomic E-state index is 0.140. The number of benzene rings is 1. The molecule has 0 aliphatic rings. The minimum Gasteiger partial charge on any atom is -0.493 e. The van der Waals surface area contributed by atoms with E-state index in [-0.39, 0.29) is 17.1 Å². The molecule has 0 amide bonds. The topological polar surface area (TPSA) is 85.6 Å². The first kappa shape index (κ1) is 17.5. The van der Waals surface area contributed by atoms with Gasteiger partial charge in [0.25, 0.3) is 0 Å². The third-order valence-corrected chi connectivity index (χ3v) is 4.25. The minimum atomic E-state index is -1.42. The summed E-state index contributed by atoms with van der Waals surface area (Å²) in [5.41, 5.74) is 0.140. The fourth-order valence-corrected chi connectivity index (χ4v) is 2.88. The highest BCUT2D eigenvalue weighted by atomic mass is 32.1. The van der Waals surface area contributed by atoms with E-state index in [1.165, 1.54) is 44.8 Å². The van der Waals surface area contributed by atoms with Gasteiger partial charge in [0.2, 0.25) is 5.75 Å². The van der Waals surface area contributed by atoms with Crippen molar-refractivity contribution < 1.29 is 23.8 Å². The summed E-state index contributed by atoms with van der Waals surface area (Å²) in [4.78, 5) is 25.4. The molecule has 0 saturated heterocycles. The number of ether oxygens (including phenoxy) is 3. The Labute approximate surface area is 143 Å². The highest BCUT2D eigenvalue weighted by Gasteiger charge is 2.30. The lowest BCUT2D eigenvalue weighted by atomic mass is 9.93. The summed E-state index contributed by atoms with van der Waals surface area (Å²) in [6.45, 7) is 0. The van der Waals surface area contributed by atoms with Crippen LogP contribution in [0.5, 0.6) is 17.2 Å². The number of nitriles is 1. The molecule has 1 aromatic heterocycles. The number of nitrogens with zero attached hydrogens (tertiary/aromatic N) is 1. The van der Waals surface area contributed by atoms with Crippen molar-refractivity contribution in [2.45, 2.75) is 0 Å². The third-order valence-electron chi connectivity index (χ3n) is 3.37. The number of carbonyl (C=O) groups excluding carboxylic acids is 2. The van der Waals surface area contributed by atoms with Gasteiger partial charge in [0.15, 0.2) is 29.0 Å². The van der Waals surface area contributed by atoms with Crippen LogP contribution < -0.4 is 14.2 Å². The van der Waals surface area contributed by atoms with Gasteiger partial charge in [0.05, 0.1) is 32.3 Å². The lowest BCUT2D eigenvalue weighted by molar-refractivity contribution is 0.0847. The molecule has 0 bridgehead atoms. The van der Waals surface area contributed by atoms with Gasteiger partial charge < -0.3 is 14.2 Å². The van der Waals surface area contributed by atoms with Crippen LogP contribution in [0, 0.1) is 17.2 Å². The summed E-state index contributed by atoms with van der Waals surface area (Å²) < 4.78 is 15.6. The molecular weight excluding hydrogens is 330 g/mol. The van der Waals surface area contributed by atoms with E-state index >= 15 is 0 Å². The van der Waals surface area contributed by atoms with Crippen LogP contribution in [0.1, 0.15) is 20.0 Å². The predicted octanol–water partition coefficient (Wildman–Crippen LogP) is 2.98. The van der Waals surface area contributed by atoms with Crippen molar-refractivity contribution in [3.63, 3.8) is 0 Å². The van der Waals surface area contributed by atoms with E-state index in [0.717, 1.165) is 0 Å². The Bertz CT molecular complexity index is 767. The number of Topliss-reactive ketones (excluding diaryl/α,β-unsaturated/α-hetero) is 2. The number of thiophene rings is 1. The van der Waals surface area contributed by atoms with Gasteiger partial charge in [0.1, 0.15) is 0 Å². The number of hydrogen-bond acceptors (Lipinski definition) is 7. The van der Waals surface area contributed by atoms with Crippen molar-refractivity contribution in [3.8, 4) is 23.3 Å². The lowest BCUT2D eigenvalue weighted by Gasteiger charge is -2.14. The van der Waals surface area contributed by atoms with E-state index in [1.54, 1.807) is 23.6 Å². The Hall–Kier alpha value is -2.85. The molecule has 0 aliphatic heterocycles. The molecule has 1 heterocycles. The zero-order valence-corrected chi connectivity index (χ0v) is 14.2. The summed E-state index contributed by atoms with van der Waals surface area (Å²) >= 11 is 1.19. The average molecular weight is 345 g/mol. The van der Waals surface area contributed by atoms with Crippen molar-refractivity contribution in [1.29, 1.82) is 5.26 Å². The lowest BCUT2D eigenvalue weighted by Crippen LogP contribution is -2.22. The number of methoxy groups -OCH3 is 3. The van der Waals surface area contributed by atoms with Gasteiger partial charge in [-0.1, -0.05) is 6.07 Å². The number of hydrogen-bond donors (Lipinski definition) is 0. The second-order valence-electron chi connectivity index (χ2n) is 4.68. The molecule has 1 atom stereocenters. The highest BCUT2D eigenvalue weighted by molar-refractivity contribution is 7.12. The molecule has 7 heteroatoms. The largest absolute Gasteiger partial charge is 0.493 e. The van der Waals surface area contributed by atoms with Gasteiger partial charge >= 0.3 is 0 Å². The Morgan fingerprint density at radius 1 is 1.08 bits per heavy atom. The molecule has 0 N–H and O–H groups in total. The quantitative estimate of drug-likeness (QED) is 0.566. The van der Waals surface area contributed by atoms with E-state index in [9.17, 15) is 14.9 Å². The Balaban J connectivity index is 2.44. The number of rotatable bonds is 7. The van der Waals surface area contributed by atoms with Crippen LogP contribution in [0.15, 0.2) is 29.6 Å². The van der Waals surface area contributed by atoms with Gasteiger partial charge in [-0.3, -0.25) is 9.59 Å². The highest BCUT2D eigenvalue weighted by Crippen LogP contribution is 2.38. The van der Waals surface area contributed by atoms with Crippen molar-refractivity contribution in [3.05, 3.63) is 40.1 Å². The summed E-state index contributed by atoms with van der Waals surface area (Å²) in [5, 5.41) is 11.0. The second kappa shape index (κ2) is 7.62. The monoisotopic (exact) mass is 345 g/mol. The van der Waals surface area contributed by atoms with Crippen molar-refractivity contribution in [1.82, 2.24) is 0 Å². The second-order valence-corrected chi connectivity index (χ2v) is 5.63. The zero-order valence-electron chi connectivity index (χ0n) is 13.4. The van der Waals surface area contributed by atoms with E-state index < -0.39 is 17.5 Å². The van der Waals surface area contributed by atoms with E-state index in [1.807, 2.05) is 0 Å². The van der Waals surface area contributed by atoms with Gasteiger partial charge in [-0.05, 0) is 23.6 Å².